The average Bonchev–Trinajstić information content (AvgIpc) is 2.80. The van der Waals surface area contributed by atoms with Crippen LogP contribution in [0.25, 0.3) is 4.85 Å². The normalized spacial score (nSPS) is 28.9. The summed E-state index contributed by atoms with van der Waals surface area (Å²) in [5.74, 6) is 0.398. The van der Waals surface area contributed by atoms with E-state index in [4.69, 9.17) is 11.3 Å². The zero-order valence-electron chi connectivity index (χ0n) is 11.5. The molecule has 1 amide bonds. The number of aromatic nitrogens is 1. The van der Waals surface area contributed by atoms with Crippen LogP contribution >= 0.6 is 0 Å². The molecule has 1 aromatic rings. The largest absolute Gasteiger partial charge is 0.472 e. The Kier molecular flexibility index (Phi) is 2.87. The van der Waals surface area contributed by atoms with E-state index < -0.39 is 5.60 Å². The summed E-state index contributed by atoms with van der Waals surface area (Å²) < 4.78 is 5.95. The summed E-state index contributed by atoms with van der Waals surface area (Å²) >= 11 is 0. The number of carbonyl (C=O) groups is 1. The summed E-state index contributed by atoms with van der Waals surface area (Å²) in [5.41, 5.74) is -0.340. The molecule has 0 radical (unpaired) electrons. The molecule has 2 aliphatic rings. The van der Waals surface area contributed by atoms with Gasteiger partial charge in [-0.3, -0.25) is 14.6 Å². The van der Waals surface area contributed by atoms with E-state index in [0.717, 1.165) is 0 Å². The van der Waals surface area contributed by atoms with Gasteiger partial charge in [0.05, 0.1) is 24.8 Å². The molecule has 0 aromatic carbocycles. The van der Waals surface area contributed by atoms with Gasteiger partial charge in [0.15, 0.2) is 5.75 Å². The summed E-state index contributed by atoms with van der Waals surface area (Å²) in [6, 6.07) is 1.90. The van der Waals surface area contributed by atoms with Crippen molar-refractivity contribution in [3.05, 3.63) is 29.9 Å². The van der Waals surface area contributed by atoms with Crippen LogP contribution in [-0.4, -0.2) is 40.1 Å². The third-order valence-corrected chi connectivity index (χ3v) is 3.90. The number of fused-ring (bicyclic) bond motifs is 1. The third-order valence-electron chi connectivity index (χ3n) is 3.90. The van der Waals surface area contributed by atoms with Crippen LogP contribution < -0.4 is 10.1 Å². The van der Waals surface area contributed by atoms with Crippen LogP contribution in [0, 0.1) is 6.57 Å². The summed E-state index contributed by atoms with van der Waals surface area (Å²) in [7, 11) is 0. The molecule has 0 unspecified atom stereocenters. The molecule has 1 fully saturated rings. The van der Waals surface area contributed by atoms with Crippen LogP contribution in [0.1, 0.15) is 20.3 Å². The van der Waals surface area contributed by atoms with E-state index >= 15 is 0 Å². The lowest BCUT2D eigenvalue weighted by molar-refractivity contribution is -0.131. The van der Waals surface area contributed by atoms with Crippen LogP contribution in [0.5, 0.6) is 5.75 Å². The van der Waals surface area contributed by atoms with Crippen molar-refractivity contribution in [3.8, 4) is 5.75 Å². The van der Waals surface area contributed by atoms with Gasteiger partial charge in [0.1, 0.15) is 0 Å². The van der Waals surface area contributed by atoms with Crippen LogP contribution in [0.2, 0.25) is 0 Å². The van der Waals surface area contributed by atoms with E-state index in [-0.39, 0.29) is 18.1 Å². The molecule has 0 saturated carbocycles. The van der Waals surface area contributed by atoms with Gasteiger partial charge in [-0.15, -0.1) is 0 Å². The minimum atomic E-state index is -0.977. The van der Waals surface area contributed by atoms with Crippen LogP contribution in [0.15, 0.2) is 18.5 Å². The van der Waals surface area contributed by atoms with Gasteiger partial charge in [0.25, 0.3) is 12.1 Å². The van der Waals surface area contributed by atoms with Gasteiger partial charge in [-0.25, -0.2) is 11.5 Å². The molecule has 1 aromatic heterocycles. The summed E-state index contributed by atoms with van der Waals surface area (Å²) in [6.07, 6.45) is 3.27. The molecule has 20 heavy (non-hydrogen) atoms. The number of nitrogens with zero attached hydrogens (tertiary/aromatic N) is 3. The third kappa shape index (κ3) is 1.82. The first-order chi connectivity index (χ1) is 9.55. The smallest absolute Gasteiger partial charge is 0.284 e. The van der Waals surface area contributed by atoms with Crippen LogP contribution in [-0.2, 0) is 4.79 Å². The van der Waals surface area contributed by atoms with Gasteiger partial charge in [0, 0.05) is 12.2 Å². The predicted octanol–water partition coefficient (Wildman–Crippen LogP) is 1.51. The van der Waals surface area contributed by atoms with Gasteiger partial charge in [-0.2, -0.15) is 0 Å². The number of pyridine rings is 1. The van der Waals surface area contributed by atoms with Crippen molar-refractivity contribution in [3.63, 3.8) is 0 Å². The number of carbonyl (C=O) groups excluding carboxylic acids is 1. The van der Waals surface area contributed by atoms with Gasteiger partial charge in [-0.1, -0.05) is 0 Å². The standard InChI is InChI=1S/C14H16N4O2/c1-9(2)18-8-14(6-12(18)15-3)13(19)17-10-4-5-16-7-11(10)20-14/h4-5,7,9,12H,6,8H2,1-2H3,(H,17,19)/t12-,14+/m0/s1. The Balaban J connectivity index is 1.95. The quantitative estimate of drug-likeness (QED) is 0.787. The number of rotatable bonds is 1. The maximum Gasteiger partial charge on any atom is 0.284 e. The molecule has 3 heterocycles. The van der Waals surface area contributed by atoms with Gasteiger partial charge < -0.3 is 10.1 Å². The second-order valence-electron chi connectivity index (χ2n) is 5.50. The first-order valence-corrected chi connectivity index (χ1v) is 6.62. The Morgan fingerprint density at radius 3 is 3.10 bits per heavy atom. The van der Waals surface area contributed by atoms with Gasteiger partial charge in [0.2, 0.25) is 5.60 Å². The predicted molar refractivity (Wildman–Crippen MR) is 73.1 cm³/mol. The first-order valence-electron chi connectivity index (χ1n) is 6.62. The zero-order valence-corrected chi connectivity index (χ0v) is 11.5. The summed E-state index contributed by atoms with van der Waals surface area (Å²) in [5, 5.41) is 2.86. The second kappa shape index (κ2) is 4.46. The fourth-order valence-electron chi connectivity index (χ4n) is 2.82. The van der Waals surface area contributed by atoms with Crippen molar-refractivity contribution < 1.29 is 9.53 Å². The molecule has 104 valence electrons. The molecular formula is C14H16N4O2. The van der Waals surface area contributed by atoms with Gasteiger partial charge >= 0.3 is 0 Å². The maximum absolute atomic E-state index is 12.4. The lowest BCUT2D eigenvalue weighted by atomic mass is 9.99. The molecule has 1 spiro atoms. The minimum absolute atomic E-state index is 0.173. The second-order valence-corrected chi connectivity index (χ2v) is 5.50. The van der Waals surface area contributed by atoms with Crippen molar-refractivity contribution in [2.75, 3.05) is 11.9 Å². The number of amides is 1. The molecule has 2 aliphatic heterocycles. The molecule has 1 N–H and O–H groups in total. The van der Waals surface area contributed by atoms with E-state index in [2.05, 4.69) is 15.1 Å². The average molecular weight is 272 g/mol. The van der Waals surface area contributed by atoms with E-state index in [9.17, 15) is 4.79 Å². The highest BCUT2D eigenvalue weighted by Crippen LogP contribution is 2.40. The van der Waals surface area contributed by atoms with Crippen LogP contribution in [0.3, 0.4) is 0 Å². The first kappa shape index (κ1) is 12.9. The monoisotopic (exact) mass is 272 g/mol. The molecule has 6 nitrogen and oxygen atoms in total. The van der Waals surface area contributed by atoms with E-state index in [1.165, 1.54) is 0 Å². The fraction of sp³-hybridized carbons (Fsp3) is 0.500. The van der Waals surface area contributed by atoms with E-state index in [0.29, 0.717) is 24.4 Å². The fourth-order valence-corrected chi connectivity index (χ4v) is 2.82. The Labute approximate surface area is 117 Å². The molecule has 6 heteroatoms. The Morgan fingerprint density at radius 1 is 1.65 bits per heavy atom. The number of hydrogen-bond acceptors (Lipinski definition) is 4. The number of anilines is 1. The van der Waals surface area contributed by atoms with E-state index in [1.54, 1.807) is 18.5 Å². The number of nitrogens with one attached hydrogen (secondary N) is 1. The van der Waals surface area contributed by atoms with Crippen molar-refractivity contribution >= 4 is 11.6 Å². The highest BCUT2D eigenvalue weighted by Gasteiger charge is 2.57. The topological polar surface area (TPSA) is 58.8 Å². The molecule has 2 atom stereocenters. The van der Waals surface area contributed by atoms with Crippen molar-refractivity contribution in [1.29, 1.82) is 0 Å². The van der Waals surface area contributed by atoms with Crippen molar-refractivity contribution in [2.24, 2.45) is 0 Å². The van der Waals surface area contributed by atoms with E-state index in [1.807, 2.05) is 18.7 Å². The summed E-state index contributed by atoms with van der Waals surface area (Å²) in [4.78, 5) is 22.1. The van der Waals surface area contributed by atoms with Crippen molar-refractivity contribution in [2.45, 2.75) is 38.1 Å². The molecule has 3 rings (SSSR count). The molecule has 0 aliphatic carbocycles. The highest BCUT2D eigenvalue weighted by atomic mass is 16.5. The van der Waals surface area contributed by atoms with Crippen molar-refractivity contribution in [1.82, 2.24) is 9.88 Å². The summed E-state index contributed by atoms with van der Waals surface area (Å²) in [6.45, 7) is 11.8. The highest BCUT2D eigenvalue weighted by molar-refractivity contribution is 6.01. The lowest BCUT2D eigenvalue weighted by Gasteiger charge is -2.33. The zero-order chi connectivity index (χ0) is 14.3. The number of hydrogen-bond donors (Lipinski definition) is 1. The SMILES string of the molecule is [C-]#[N+][C@@H]1C[C@]2(CN1C(C)C)Oc1cnccc1NC2=O. The minimum Gasteiger partial charge on any atom is -0.472 e. The van der Waals surface area contributed by atoms with Gasteiger partial charge in [-0.05, 0) is 19.9 Å². The molecule has 1 saturated heterocycles. The van der Waals surface area contributed by atoms with Crippen LogP contribution in [0.4, 0.5) is 5.69 Å². The Bertz CT molecular complexity index is 595. The lowest BCUT2D eigenvalue weighted by Crippen LogP contribution is -2.53. The number of ether oxygens (including phenoxy) is 1. The Morgan fingerprint density at radius 2 is 2.45 bits per heavy atom. The Hall–Kier alpha value is -2.13. The maximum atomic E-state index is 12.4. The molecule has 0 bridgehead atoms. The molecular weight excluding hydrogens is 256 g/mol. The number of likely N-dealkylation sites (tertiary alicyclic amines) is 1.